The normalized spacial score (nSPS) is 13.6. The fourth-order valence-electron chi connectivity index (χ4n) is 1.38. The molecule has 1 aromatic heterocycles. The zero-order chi connectivity index (χ0) is 12.0. The van der Waals surface area contributed by atoms with Gasteiger partial charge in [-0.2, -0.15) is 0 Å². The number of nitrogens with one attached hydrogen (secondary N) is 2. The molecule has 0 amide bonds. The van der Waals surface area contributed by atoms with Gasteiger partial charge >= 0.3 is 0 Å². The first kappa shape index (κ1) is 12.6. The molecule has 4 heteroatoms. The standard InChI is InChI=1S/C12H22N4/c1-5-10(2)15-12(13-3)14-9-11-7-6-8-16(11)4/h6-8,10H,5,9H2,1-4H3,(H2,13,14,15). The van der Waals surface area contributed by atoms with E-state index in [0.29, 0.717) is 6.04 Å². The van der Waals surface area contributed by atoms with E-state index in [2.05, 4.69) is 40.1 Å². The van der Waals surface area contributed by atoms with Crippen molar-refractivity contribution < 1.29 is 0 Å². The lowest BCUT2D eigenvalue weighted by molar-refractivity contribution is 0.621. The molecule has 1 atom stereocenters. The molecule has 1 unspecified atom stereocenters. The van der Waals surface area contributed by atoms with E-state index in [9.17, 15) is 0 Å². The van der Waals surface area contributed by atoms with Gasteiger partial charge in [0.25, 0.3) is 0 Å². The molecule has 0 radical (unpaired) electrons. The Balaban J connectivity index is 2.44. The Labute approximate surface area is 97.8 Å². The van der Waals surface area contributed by atoms with E-state index in [4.69, 9.17) is 0 Å². The zero-order valence-corrected chi connectivity index (χ0v) is 10.6. The number of nitrogens with zero attached hydrogens (tertiary/aromatic N) is 2. The van der Waals surface area contributed by atoms with Crippen LogP contribution < -0.4 is 10.6 Å². The summed E-state index contributed by atoms with van der Waals surface area (Å²) in [6, 6.07) is 4.59. The fourth-order valence-corrected chi connectivity index (χ4v) is 1.38. The van der Waals surface area contributed by atoms with Crippen molar-refractivity contribution in [2.75, 3.05) is 7.05 Å². The lowest BCUT2D eigenvalue weighted by Gasteiger charge is -2.16. The molecule has 0 aliphatic heterocycles. The third-order valence-electron chi connectivity index (χ3n) is 2.71. The summed E-state index contributed by atoms with van der Waals surface area (Å²) in [6.07, 6.45) is 3.13. The highest BCUT2D eigenvalue weighted by Crippen LogP contribution is 1.98. The summed E-state index contributed by atoms with van der Waals surface area (Å²) >= 11 is 0. The molecule has 2 N–H and O–H groups in total. The van der Waals surface area contributed by atoms with E-state index in [1.54, 1.807) is 7.05 Å². The molecule has 16 heavy (non-hydrogen) atoms. The molecule has 0 spiro atoms. The minimum Gasteiger partial charge on any atom is -0.354 e. The average Bonchev–Trinajstić information content (AvgIpc) is 2.69. The minimum atomic E-state index is 0.444. The average molecular weight is 222 g/mol. The van der Waals surface area contributed by atoms with E-state index >= 15 is 0 Å². The van der Waals surface area contributed by atoms with Gasteiger partial charge in [-0.25, -0.2) is 0 Å². The molecule has 0 aliphatic carbocycles. The summed E-state index contributed by atoms with van der Waals surface area (Å²) < 4.78 is 2.10. The van der Waals surface area contributed by atoms with Gasteiger partial charge in [0, 0.05) is 32.0 Å². The van der Waals surface area contributed by atoms with E-state index < -0.39 is 0 Å². The molecule has 90 valence electrons. The Bertz CT molecular complexity index is 341. The van der Waals surface area contributed by atoms with Crippen LogP contribution in [0.2, 0.25) is 0 Å². The Kier molecular flexibility index (Phi) is 4.89. The third-order valence-corrected chi connectivity index (χ3v) is 2.71. The van der Waals surface area contributed by atoms with Crippen LogP contribution in [0.15, 0.2) is 23.3 Å². The van der Waals surface area contributed by atoms with Crippen LogP contribution in [-0.4, -0.2) is 23.6 Å². The van der Waals surface area contributed by atoms with Gasteiger partial charge in [-0.15, -0.1) is 0 Å². The Morgan fingerprint density at radius 2 is 2.31 bits per heavy atom. The lowest BCUT2D eigenvalue weighted by Crippen LogP contribution is -2.41. The Hall–Kier alpha value is -1.45. The van der Waals surface area contributed by atoms with Crippen LogP contribution in [0.5, 0.6) is 0 Å². The molecule has 4 nitrogen and oxygen atoms in total. The van der Waals surface area contributed by atoms with Crippen LogP contribution >= 0.6 is 0 Å². The zero-order valence-electron chi connectivity index (χ0n) is 10.6. The second-order valence-corrected chi connectivity index (χ2v) is 3.99. The van der Waals surface area contributed by atoms with Crippen LogP contribution in [0, 0.1) is 0 Å². The van der Waals surface area contributed by atoms with Gasteiger partial charge in [0.05, 0.1) is 6.54 Å². The molecule has 0 aromatic carbocycles. The lowest BCUT2D eigenvalue weighted by atomic mass is 10.3. The van der Waals surface area contributed by atoms with E-state index in [-0.39, 0.29) is 0 Å². The smallest absolute Gasteiger partial charge is 0.191 e. The maximum Gasteiger partial charge on any atom is 0.191 e. The number of hydrogen-bond donors (Lipinski definition) is 2. The predicted octanol–water partition coefficient (Wildman–Crippen LogP) is 1.49. The van der Waals surface area contributed by atoms with Crippen LogP contribution in [0.25, 0.3) is 0 Å². The first-order chi connectivity index (χ1) is 7.67. The second kappa shape index (κ2) is 6.20. The molecular formula is C12H22N4. The SMILES string of the molecule is CCC(C)NC(=NC)NCc1cccn1C. The van der Waals surface area contributed by atoms with Gasteiger partial charge in [0.15, 0.2) is 5.96 Å². The predicted molar refractivity (Wildman–Crippen MR) is 68.5 cm³/mol. The summed E-state index contributed by atoms with van der Waals surface area (Å²) in [7, 11) is 3.84. The highest BCUT2D eigenvalue weighted by Gasteiger charge is 2.03. The number of rotatable bonds is 4. The Morgan fingerprint density at radius 1 is 1.56 bits per heavy atom. The van der Waals surface area contributed by atoms with E-state index in [1.807, 2.05) is 19.3 Å². The van der Waals surface area contributed by atoms with Crippen molar-refractivity contribution in [1.29, 1.82) is 0 Å². The number of hydrogen-bond acceptors (Lipinski definition) is 1. The summed E-state index contributed by atoms with van der Waals surface area (Å²) in [4.78, 5) is 4.19. The first-order valence-electron chi connectivity index (χ1n) is 5.74. The number of guanidine groups is 1. The maximum atomic E-state index is 4.19. The molecule has 1 rings (SSSR count). The largest absolute Gasteiger partial charge is 0.354 e. The van der Waals surface area contributed by atoms with Crippen molar-refractivity contribution in [3.63, 3.8) is 0 Å². The molecule has 0 aliphatic rings. The van der Waals surface area contributed by atoms with Crippen LogP contribution in [0.4, 0.5) is 0 Å². The van der Waals surface area contributed by atoms with Crippen molar-refractivity contribution >= 4 is 5.96 Å². The fraction of sp³-hybridized carbons (Fsp3) is 0.583. The van der Waals surface area contributed by atoms with Gasteiger partial charge in [-0.3, -0.25) is 4.99 Å². The summed E-state index contributed by atoms with van der Waals surface area (Å²) in [6.45, 7) is 5.09. The van der Waals surface area contributed by atoms with Crippen molar-refractivity contribution in [2.45, 2.75) is 32.9 Å². The molecule has 0 saturated carbocycles. The van der Waals surface area contributed by atoms with Gasteiger partial charge in [0.2, 0.25) is 0 Å². The molecule has 0 fully saturated rings. The number of aryl methyl sites for hydroxylation is 1. The molecule has 0 bridgehead atoms. The van der Waals surface area contributed by atoms with Gasteiger partial charge in [-0.1, -0.05) is 6.92 Å². The van der Waals surface area contributed by atoms with Crippen LogP contribution in [-0.2, 0) is 13.6 Å². The molecular weight excluding hydrogens is 200 g/mol. The van der Waals surface area contributed by atoms with E-state index in [0.717, 1.165) is 18.9 Å². The first-order valence-corrected chi connectivity index (χ1v) is 5.74. The molecule has 1 heterocycles. The quantitative estimate of drug-likeness (QED) is 0.598. The van der Waals surface area contributed by atoms with Gasteiger partial charge in [-0.05, 0) is 25.5 Å². The third kappa shape index (κ3) is 3.61. The summed E-state index contributed by atoms with van der Waals surface area (Å²) in [5.41, 5.74) is 1.24. The topological polar surface area (TPSA) is 41.4 Å². The minimum absolute atomic E-state index is 0.444. The van der Waals surface area contributed by atoms with Gasteiger partial charge < -0.3 is 15.2 Å². The number of aliphatic imine (C=N–C) groups is 1. The Morgan fingerprint density at radius 3 is 2.81 bits per heavy atom. The summed E-state index contributed by atoms with van der Waals surface area (Å²) in [5, 5.41) is 6.62. The van der Waals surface area contributed by atoms with Crippen LogP contribution in [0.1, 0.15) is 26.0 Å². The van der Waals surface area contributed by atoms with Crippen molar-refractivity contribution in [3.05, 3.63) is 24.0 Å². The molecule has 1 aromatic rings. The monoisotopic (exact) mass is 222 g/mol. The maximum absolute atomic E-state index is 4.19. The molecule has 0 saturated heterocycles. The van der Waals surface area contributed by atoms with Crippen molar-refractivity contribution in [3.8, 4) is 0 Å². The highest BCUT2D eigenvalue weighted by atomic mass is 15.2. The van der Waals surface area contributed by atoms with E-state index in [1.165, 1.54) is 5.69 Å². The van der Waals surface area contributed by atoms with Crippen molar-refractivity contribution in [1.82, 2.24) is 15.2 Å². The second-order valence-electron chi connectivity index (χ2n) is 3.99. The van der Waals surface area contributed by atoms with Gasteiger partial charge in [0.1, 0.15) is 0 Å². The summed E-state index contributed by atoms with van der Waals surface area (Å²) in [5.74, 6) is 0.857. The van der Waals surface area contributed by atoms with Crippen molar-refractivity contribution in [2.24, 2.45) is 12.0 Å². The van der Waals surface area contributed by atoms with Crippen LogP contribution in [0.3, 0.4) is 0 Å². The number of aromatic nitrogens is 1. The highest BCUT2D eigenvalue weighted by molar-refractivity contribution is 5.79.